The maximum Gasteiger partial charge on any atom is 0.255 e. The third-order valence-electron chi connectivity index (χ3n) is 2.91. The summed E-state index contributed by atoms with van der Waals surface area (Å²) in [4.78, 5) is 23.7. The van der Waals surface area contributed by atoms with E-state index in [0.29, 0.717) is 11.4 Å². The van der Waals surface area contributed by atoms with Gasteiger partial charge in [-0.05, 0) is 30.3 Å². The number of halogens is 1. The third-order valence-corrected chi connectivity index (χ3v) is 2.91. The van der Waals surface area contributed by atoms with Gasteiger partial charge in [0.15, 0.2) is 0 Å². The Morgan fingerprint density at radius 1 is 1.00 bits per heavy atom. The molecular weight excluding hydrogens is 285 g/mol. The van der Waals surface area contributed by atoms with Gasteiger partial charge in [-0.15, -0.1) is 0 Å². The van der Waals surface area contributed by atoms with E-state index in [1.54, 1.807) is 24.3 Å². The maximum absolute atomic E-state index is 13.2. The van der Waals surface area contributed by atoms with Crippen molar-refractivity contribution in [2.75, 3.05) is 17.2 Å². The fraction of sp³-hybridized carbons (Fsp3) is 0.125. The zero-order valence-corrected chi connectivity index (χ0v) is 11.8. The lowest BCUT2D eigenvalue weighted by atomic mass is 10.2. The SMILES string of the molecule is NCCC(=O)Nc1ccccc1NC(=O)c1cccc(F)c1. The van der Waals surface area contributed by atoms with Gasteiger partial charge in [0.05, 0.1) is 11.4 Å². The van der Waals surface area contributed by atoms with E-state index in [4.69, 9.17) is 5.73 Å². The van der Waals surface area contributed by atoms with E-state index in [0.717, 1.165) is 6.07 Å². The van der Waals surface area contributed by atoms with Crippen LogP contribution in [0.4, 0.5) is 15.8 Å². The van der Waals surface area contributed by atoms with Crippen molar-refractivity contribution in [2.24, 2.45) is 5.73 Å². The Morgan fingerprint density at radius 2 is 1.68 bits per heavy atom. The van der Waals surface area contributed by atoms with E-state index in [1.165, 1.54) is 18.2 Å². The average molecular weight is 301 g/mol. The Kier molecular flexibility index (Phi) is 5.21. The van der Waals surface area contributed by atoms with Gasteiger partial charge < -0.3 is 16.4 Å². The summed E-state index contributed by atoms with van der Waals surface area (Å²) < 4.78 is 13.2. The van der Waals surface area contributed by atoms with Crippen molar-refractivity contribution in [3.63, 3.8) is 0 Å². The molecule has 0 saturated heterocycles. The molecule has 0 heterocycles. The number of benzene rings is 2. The predicted molar refractivity (Wildman–Crippen MR) is 83.1 cm³/mol. The number of carbonyl (C=O) groups excluding carboxylic acids is 2. The largest absolute Gasteiger partial charge is 0.330 e. The Bertz CT molecular complexity index is 689. The lowest BCUT2D eigenvalue weighted by Gasteiger charge is -2.12. The average Bonchev–Trinajstić information content (AvgIpc) is 2.49. The second-order valence-corrected chi connectivity index (χ2v) is 4.60. The van der Waals surface area contributed by atoms with E-state index in [1.807, 2.05) is 0 Å². The van der Waals surface area contributed by atoms with Crippen LogP contribution in [-0.2, 0) is 4.79 Å². The minimum atomic E-state index is -0.489. The Labute approximate surface area is 127 Å². The van der Waals surface area contributed by atoms with Crippen LogP contribution in [0, 0.1) is 5.82 Å². The fourth-order valence-electron chi connectivity index (χ4n) is 1.87. The molecule has 0 unspecified atom stereocenters. The summed E-state index contributed by atoms with van der Waals surface area (Å²) in [6, 6.07) is 12.1. The molecule has 22 heavy (non-hydrogen) atoms. The second-order valence-electron chi connectivity index (χ2n) is 4.60. The second kappa shape index (κ2) is 7.33. The molecular formula is C16H16FN3O2. The Morgan fingerprint density at radius 3 is 2.32 bits per heavy atom. The zero-order chi connectivity index (χ0) is 15.9. The normalized spacial score (nSPS) is 10.1. The van der Waals surface area contributed by atoms with Crippen LogP contribution < -0.4 is 16.4 Å². The number of amides is 2. The lowest BCUT2D eigenvalue weighted by molar-refractivity contribution is -0.116. The molecule has 0 saturated carbocycles. The molecule has 0 atom stereocenters. The summed E-state index contributed by atoms with van der Waals surface area (Å²) in [6.45, 7) is 0.240. The van der Waals surface area contributed by atoms with E-state index >= 15 is 0 Å². The van der Waals surface area contributed by atoms with Crippen molar-refractivity contribution in [2.45, 2.75) is 6.42 Å². The summed E-state index contributed by atoms with van der Waals surface area (Å²) in [5.41, 5.74) is 6.42. The standard InChI is InChI=1S/C16H16FN3O2/c17-12-5-3-4-11(10-12)16(22)20-14-7-2-1-6-13(14)19-15(21)8-9-18/h1-7,10H,8-9,18H2,(H,19,21)(H,20,22). The van der Waals surface area contributed by atoms with Crippen LogP contribution in [0.5, 0.6) is 0 Å². The minimum absolute atomic E-state index is 0.187. The van der Waals surface area contributed by atoms with Gasteiger partial charge >= 0.3 is 0 Å². The summed E-state index contributed by atoms with van der Waals surface area (Å²) >= 11 is 0. The van der Waals surface area contributed by atoms with Gasteiger partial charge in [0.2, 0.25) is 5.91 Å². The molecule has 2 aromatic rings. The monoisotopic (exact) mass is 301 g/mol. The van der Waals surface area contributed by atoms with Crippen LogP contribution in [-0.4, -0.2) is 18.4 Å². The molecule has 114 valence electrons. The van der Waals surface area contributed by atoms with Crippen LogP contribution in [0.1, 0.15) is 16.8 Å². The van der Waals surface area contributed by atoms with Crippen LogP contribution in [0.2, 0.25) is 0 Å². The summed E-state index contributed by atoms with van der Waals surface area (Å²) in [5.74, 6) is -1.19. The highest BCUT2D eigenvalue weighted by Gasteiger charge is 2.11. The summed E-state index contributed by atoms with van der Waals surface area (Å²) in [5, 5.41) is 5.32. The van der Waals surface area contributed by atoms with Gasteiger partial charge in [-0.2, -0.15) is 0 Å². The molecule has 0 aromatic heterocycles. The Hall–Kier alpha value is -2.73. The van der Waals surface area contributed by atoms with E-state index in [2.05, 4.69) is 10.6 Å². The van der Waals surface area contributed by atoms with Crippen LogP contribution in [0.25, 0.3) is 0 Å². The minimum Gasteiger partial charge on any atom is -0.330 e. The van der Waals surface area contributed by atoms with Crippen molar-refractivity contribution in [1.29, 1.82) is 0 Å². The van der Waals surface area contributed by atoms with Gasteiger partial charge in [0.1, 0.15) is 5.82 Å². The van der Waals surface area contributed by atoms with Crippen molar-refractivity contribution in [1.82, 2.24) is 0 Å². The van der Waals surface area contributed by atoms with Crippen LogP contribution in [0.3, 0.4) is 0 Å². The molecule has 6 heteroatoms. The first kappa shape index (κ1) is 15.7. The first-order chi connectivity index (χ1) is 10.6. The number of hydrogen-bond donors (Lipinski definition) is 3. The van der Waals surface area contributed by atoms with Crippen molar-refractivity contribution in [3.05, 3.63) is 59.9 Å². The molecule has 0 radical (unpaired) electrons. The molecule has 2 rings (SSSR count). The van der Waals surface area contributed by atoms with E-state index in [9.17, 15) is 14.0 Å². The number of para-hydroxylation sites is 2. The first-order valence-electron chi connectivity index (χ1n) is 6.76. The number of anilines is 2. The fourth-order valence-corrected chi connectivity index (χ4v) is 1.87. The molecule has 2 aromatic carbocycles. The van der Waals surface area contributed by atoms with Gasteiger partial charge in [-0.1, -0.05) is 18.2 Å². The number of nitrogens with two attached hydrogens (primary N) is 1. The quantitative estimate of drug-likeness (QED) is 0.792. The number of rotatable bonds is 5. The molecule has 0 aliphatic heterocycles. The van der Waals surface area contributed by atoms with Gasteiger partial charge in [0, 0.05) is 18.5 Å². The van der Waals surface area contributed by atoms with Crippen LogP contribution in [0.15, 0.2) is 48.5 Å². The van der Waals surface area contributed by atoms with Gasteiger partial charge in [0.25, 0.3) is 5.91 Å². The number of hydrogen-bond acceptors (Lipinski definition) is 3. The van der Waals surface area contributed by atoms with E-state index < -0.39 is 11.7 Å². The molecule has 5 nitrogen and oxygen atoms in total. The van der Waals surface area contributed by atoms with Gasteiger partial charge in [-0.3, -0.25) is 9.59 Å². The highest BCUT2D eigenvalue weighted by Crippen LogP contribution is 2.22. The molecule has 0 aliphatic carbocycles. The highest BCUT2D eigenvalue weighted by atomic mass is 19.1. The summed E-state index contributed by atoms with van der Waals surface area (Å²) in [7, 11) is 0. The topological polar surface area (TPSA) is 84.2 Å². The molecule has 0 spiro atoms. The predicted octanol–water partition coefficient (Wildman–Crippen LogP) is 2.37. The summed E-state index contributed by atoms with van der Waals surface area (Å²) in [6.07, 6.45) is 0.187. The van der Waals surface area contributed by atoms with Crippen LogP contribution >= 0.6 is 0 Å². The highest BCUT2D eigenvalue weighted by molar-refractivity contribution is 6.07. The van der Waals surface area contributed by atoms with Crippen molar-refractivity contribution >= 4 is 23.2 Å². The van der Waals surface area contributed by atoms with Crippen molar-refractivity contribution in [3.8, 4) is 0 Å². The number of nitrogens with one attached hydrogen (secondary N) is 2. The maximum atomic E-state index is 13.2. The van der Waals surface area contributed by atoms with Gasteiger partial charge in [-0.25, -0.2) is 4.39 Å². The molecule has 4 N–H and O–H groups in total. The molecule has 0 aliphatic rings. The van der Waals surface area contributed by atoms with Crippen molar-refractivity contribution < 1.29 is 14.0 Å². The lowest BCUT2D eigenvalue weighted by Crippen LogP contribution is -2.18. The zero-order valence-electron chi connectivity index (χ0n) is 11.8. The first-order valence-corrected chi connectivity index (χ1v) is 6.76. The third kappa shape index (κ3) is 4.13. The molecule has 2 amide bonds. The van der Waals surface area contributed by atoms with E-state index in [-0.39, 0.29) is 24.4 Å². The molecule has 0 bridgehead atoms. The number of carbonyl (C=O) groups is 2. The smallest absolute Gasteiger partial charge is 0.255 e. The Balaban J connectivity index is 2.15. The molecule has 0 fully saturated rings.